The summed E-state index contributed by atoms with van der Waals surface area (Å²) in [4.78, 5) is 23.6. The van der Waals surface area contributed by atoms with Crippen LogP contribution in [0.4, 0.5) is 0 Å². The highest BCUT2D eigenvalue weighted by molar-refractivity contribution is 5.93. The summed E-state index contributed by atoms with van der Waals surface area (Å²) in [5, 5.41) is 6.79. The molecule has 23 heavy (non-hydrogen) atoms. The molecule has 0 fully saturated rings. The Labute approximate surface area is 134 Å². The Morgan fingerprint density at radius 1 is 1.30 bits per heavy atom. The molecule has 1 aromatic carbocycles. The predicted octanol–water partition coefficient (Wildman–Crippen LogP) is 1.40. The molecule has 0 unspecified atom stereocenters. The SMILES string of the molecule is C#CCNC(=O)COC(=O)c1c(C)nn(-c2ccccc2)c1C. The number of rotatable bonds is 5. The van der Waals surface area contributed by atoms with Crippen LogP contribution in [0.25, 0.3) is 5.69 Å². The third-order valence-corrected chi connectivity index (χ3v) is 3.22. The maximum Gasteiger partial charge on any atom is 0.342 e. The molecule has 6 heteroatoms. The van der Waals surface area contributed by atoms with Crippen LogP contribution in [0.3, 0.4) is 0 Å². The first kappa shape index (κ1) is 16.3. The van der Waals surface area contributed by atoms with E-state index in [0.717, 1.165) is 5.69 Å². The van der Waals surface area contributed by atoms with E-state index < -0.39 is 11.9 Å². The normalized spacial score (nSPS) is 9.96. The minimum atomic E-state index is -0.585. The molecule has 0 saturated heterocycles. The Kier molecular flexibility index (Phi) is 5.15. The maximum absolute atomic E-state index is 12.2. The molecule has 0 aliphatic heterocycles. The number of para-hydroxylation sites is 1. The molecule has 0 atom stereocenters. The first-order chi connectivity index (χ1) is 11.0. The van der Waals surface area contributed by atoms with Crippen LogP contribution in [0.1, 0.15) is 21.7 Å². The molecule has 2 aromatic rings. The van der Waals surface area contributed by atoms with Crippen LogP contribution >= 0.6 is 0 Å². The van der Waals surface area contributed by atoms with Gasteiger partial charge in [0.1, 0.15) is 5.56 Å². The van der Waals surface area contributed by atoms with E-state index in [1.54, 1.807) is 18.5 Å². The minimum Gasteiger partial charge on any atom is -0.452 e. The van der Waals surface area contributed by atoms with E-state index >= 15 is 0 Å². The van der Waals surface area contributed by atoms with Crippen molar-refractivity contribution in [3.63, 3.8) is 0 Å². The molecule has 1 N–H and O–H groups in total. The van der Waals surface area contributed by atoms with Crippen molar-refractivity contribution in [1.29, 1.82) is 0 Å². The van der Waals surface area contributed by atoms with E-state index in [1.165, 1.54) is 0 Å². The largest absolute Gasteiger partial charge is 0.452 e. The van der Waals surface area contributed by atoms with Gasteiger partial charge >= 0.3 is 5.97 Å². The van der Waals surface area contributed by atoms with Crippen molar-refractivity contribution in [2.24, 2.45) is 0 Å². The highest BCUT2D eigenvalue weighted by Crippen LogP contribution is 2.18. The standard InChI is InChI=1S/C17H17N3O3/c1-4-10-18-15(21)11-23-17(22)16-12(2)19-20(13(16)3)14-8-6-5-7-9-14/h1,5-9H,10-11H2,2-3H3,(H,18,21). The molecule has 1 heterocycles. The number of benzene rings is 1. The average molecular weight is 311 g/mol. The molecule has 0 saturated carbocycles. The second-order valence-corrected chi connectivity index (χ2v) is 4.85. The van der Waals surface area contributed by atoms with Crippen molar-refractivity contribution in [3.05, 3.63) is 47.3 Å². The molecule has 1 amide bonds. The predicted molar refractivity (Wildman–Crippen MR) is 85.2 cm³/mol. The van der Waals surface area contributed by atoms with Gasteiger partial charge in [-0.2, -0.15) is 5.10 Å². The summed E-state index contributed by atoms with van der Waals surface area (Å²) in [6.45, 7) is 3.22. The fraction of sp³-hybridized carbons (Fsp3) is 0.235. The highest BCUT2D eigenvalue weighted by atomic mass is 16.5. The van der Waals surface area contributed by atoms with Crippen LogP contribution in [-0.4, -0.2) is 34.8 Å². The zero-order valence-electron chi connectivity index (χ0n) is 13.0. The van der Waals surface area contributed by atoms with Gasteiger partial charge in [-0.05, 0) is 26.0 Å². The number of amides is 1. The summed E-state index contributed by atoms with van der Waals surface area (Å²) < 4.78 is 6.70. The summed E-state index contributed by atoms with van der Waals surface area (Å²) in [7, 11) is 0. The van der Waals surface area contributed by atoms with E-state index in [1.807, 2.05) is 30.3 Å². The number of nitrogens with one attached hydrogen (secondary N) is 1. The Bertz CT molecular complexity index is 757. The van der Waals surface area contributed by atoms with E-state index in [4.69, 9.17) is 11.2 Å². The molecule has 0 spiro atoms. The smallest absolute Gasteiger partial charge is 0.342 e. The number of aryl methyl sites for hydroxylation is 1. The topological polar surface area (TPSA) is 73.2 Å². The van der Waals surface area contributed by atoms with E-state index in [0.29, 0.717) is 17.0 Å². The van der Waals surface area contributed by atoms with Gasteiger partial charge < -0.3 is 10.1 Å². The van der Waals surface area contributed by atoms with Crippen LogP contribution in [-0.2, 0) is 9.53 Å². The van der Waals surface area contributed by atoms with Gasteiger partial charge in [-0.25, -0.2) is 9.48 Å². The number of aromatic nitrogens is 2. The molecule has 0 radical (unpaired) electrons. The Morgan fingerprint density at radius 3 is 2.65 bits per heavy atom. The van der Waals surface area contributed by atoms with Crippen molar-refractivity contribution in [2.75, 3.05) is 13.2 Å². The third-order valence-electron chi connectivity index (χ3n) is 3.22. The summed E-state index contributed by atoms with van der Waals surface area (Å²) in [6, 6.07) is 9.46. The highest BCUT2D eigenvalue weighted by Gasteiger charge is 2.21. The number of nitrogens with zero attached hydrogens (tertiary/aromatic N) is 2. The lowest BCUT2D eigenvalue weighted by Crippen LogP contribution is -2.29. The van der Waals surface area contributed by atoms with Crippen LogP contribution in [0.15, 0.2) is 30.3 Å². The van der Waals surface area contributed by atoms with Crippen molar-refractivity contribution in [1.82, 2.24) is 15.1 Å². The quantitative estimate of drug-likeness (QED) is 0.669. The van der Waals surface area contributed by atoms with E-state index in [9.17, 15) is 9.59 Å². The average Bonchev–Trinajstić information content (AvgIpc) is 2.86. The first-order valence-corrected chi connectivity index (χ1v) is 7.03. The summed E-state index contributed by atoms with van der Waals surface area (Å²) in [5.74, 6) is 1.24. The second-order valence-electron chi connectivity index (χ2n) is 4.85. The molecule has 2 rings (SSSR count). The minimum absolute atomic E-state index is 0.0976. The van der Waals surface area contributed by atoms with Gasteiger partial charge in [-0.3, -0.25) is 4.79 Å². The molecule has 0 aliphatic rings. The molecule has 6 nitrogen and oxygen atoms in total. The van der Waals surface area contributed by atoms with E-state index in [-0.39, 0.29) is 13.2 Å². The third kappa shape index (κ3) is 3.77. The molecule has 0 aliphatic carbocycles. The molecule has 118 valence electrons. The number of hydrogen-bond acceptors (Lipinski definition) is 4. The van der Waals surface area contributed by atoms with Gasteiger partial charge in [-0.1, -0.05) is 24.1 Å². The number of hydrogen-bond donors (Lipinski definition) is 1. The molecule has 0 bridgehead atoms. The van der Waals surface area contributed by atoms with Crippen LogP contribution in [0.5, 0.6) is 0 Å². The number of ether oxygens (including phenoxy) is 1. The van der Waals surface area contributed by atoms with Gasteiger partial charge in [0, 0.05) is 0 Å². The molecular weight excluding hydrogens is 294 g/mol. The fourth-order valence-corrected chi connectivity index (χ4v) is 2.16. The molecule has 1 aromatic heterocycles. The number of carbonyl (C=O) groups is 2. The van der Waals surface area contributed by atoms with Gasteiger partial charge in [0.05, 0.1) is 23.6 Å². The van der Waals surface area contributed by atoms with Crippen LogP contribution < -0.4 is 5.32 Å². The van der Waals surface area contributed by atoms with Crippen LogP contribution in [0, 0.1) is 26.2 Å². The zero-order chi connectivity index (χ0) is 16.8. The van der Waals surface area contributed by atoms with Gasteiger partial charge in [0.15, 0.2) is 6.61 Å². The second kappa shape index (κ2) is 7.27. The fourth-order valence-electron chi connectivity index (χ4n) is 2.16. The van der Waals surface area contributed by atoms with Gasteiger partial charge in [0.2, 0.25) is 0 Å². The Morgan fingerprint density at radius 2 is 2.00 bits per heavy atom. The monoisotopic (exact) mass is 311 g/mol. The van der Waals surface area contributed by atoms with E-state index in [2.05, 4.69) is 16.3 Å². The summed E-state index contributed by atoms with van der Waals surface area (Å²) >= 11 is 0. The van der Waals surface area contributed by atoms with Gasteiger partial charge in [-0.15, -0.1) is 6.42 Å². The number of carbonyl (C=O) groups excluding carboxylic acids is 2. The van der Waals surface area contributed by atoms with Crippen molar-refractivity contribution in [2.45, 2.75) is 13.8 Å². The van der Waals surface area contributed by atoms with Crippen molar-refractivity contribution in [3.8, 4) is 18.0 Å². The lowest BCUT2D eigenvalue weighted by atomic mass is 10.2. The zero-order valence-corrected chi connectivity index (χ0v) is 13.0. The summed E-state index contributed by atoms with van der Waals surface area (Å²) in [6.07, 6.45) is 5.04. The first-order valence-electron chi connectivity index (χ1n) is 7.03. The number of terminal acetylenes is 1. The van der Waals surface area contributed by atoms with Crippen LogP contribution in [0.2, 0.25) is 0 Å². The van der Waals surface area contributed by atoms with Crippen molar-refractivity contribution < 1.29 is 14.3 Å². The Balaban J connectivity index is 2.14. The number of esters is 1. The summed E-state index contributed by atoms with van der Waals surface area (Å²) in [5.41, 5.74) is 2.40. The lowest BCUT2D eigenvalue weighted by Gasteiger charge is -2.06. The van der Waals surface area contributed by atoms with Crippen molar-refractivity contribution >= 4 is 11.9 Å². The maximum atomic E-state index is 12.2. The Hall–Kier alpha value is -3.07. The molecular formula is C17H17N3O3. The lowest BCUT2D eigenvalue weighted by molar-refractivity contribution is -0.123. The van der Waals surface area contributed by atoms with Gasteiger partial charge in [0.25, 0.3) is 5.91 Å².